The third-order valence-corrected chi connectivity index (χ3v) is 3.40. The zero-order valence-corrected chi connectivity index (χ0v) is 11.6. The van der Waals surface area contributed by atoms with Crippen LogP contribution >= 0.6 is 0 Å². The van der Waals surface area contributed by atoms with E-state index in [-0.39, 0.29) is 5.56 Å². The molecular formula is C15H23NO2. The first kappa shape index (κ1) is 14.6. The number of pyridine rings is 1. The molecule has 0 saturated carbocycles. The molecule has 0 unspecified atom stereocenters. The average molecular weight is 249 g/mol. The van der Waals surface area contributed by atoms with Crippen LogP contribution in [0.4, 0.5) is 0 Å². The van der Waals surface area contributed by atoms with Crippen molar-refractivity contribution in [1.29, 1.82) is 0 Å². The molecule has 100 valence electrons. The third kappa shape index (κ3) is 3.76. The van der Waals surface area contributed by atoms with Crippen LogP contribution in [-0.4, -0.2) is 9.94 Å². The Morgan fingerprint density at radius 1 is 1.22 bits per heavy atom. The van der Waals surface area contributed by atoms with Gasteiger partial charge in [-0.15, -0.1) is 0 Å². The van der Waals surface area contributed by atoms with Crippen molar-refractivity contribution in [3.05, 3.63) is 45.4 Å². The van der Waals surface area contributed by atoms with E-state index < -0.39 is 0 Å². The molecule has 0 aromatic carbocycles. The monoisotopic (exact) mass is 249 g/mol. The molecule has 0 aliphatic rings. The second-order valence-corrected chi connectivity index (χ2v) is 4.72. The Hall–Kier alpha value is -1.51. The minimum Gasteiger partial charge on any atom is -0.425 e. The molecule has 1 aromatic rings. The Bertz CT molecular complexity index is 472. The van der Waals surface area contributed by atoms with E-state index in [0.29, 0.717) is 10.3 Å². The van der Waals surface area contributed by atoms with Crippen molar-refractivity contribution < 1.29 is 5.21 Å². The molecule has 1 N–H and O–H groups in total. The fraction of sp³-hybridized carbons (Fsp3) is 0.533. The summed E-state index contributed by atoms with van der Waals surface area (Å²) < 4.78 is 0.706. The summed E-state index contributed by atoms with van der Waals surface area (Å²) in [4.78, 5) is 11.5. The van der Waals surface area contributed by atoms with E-state index in [2.05, 4.69) is 12.2 Å². The predicted octanol–water partition coefficient (Wildman–Crippen LogP) is 3.38. The summed E-state index contributed by atoms with van der Waals surface area (Å²) in [5, 5.41) is 9.47. The standard InChI is InChI=1S/C15H23NO2/c1-4-5-6-7-8-9-10-14-11-16(18)15(17)13(3)12(14)2/h4-5,11,18H,6-10H2,1-3H3. The minimum atomic E-state index is -0.315. The van der Waals surface area contributed by atoms with Crippen molar-refractivity contribution in [3.63, 3.8) is 0 Å². The number of allylic oxidation sites excluding steroid dienone is 2. The molecule has 0 atom stereocenters. The Balaban J connectivity index is 2.55. The Morgan fingerprint density at radius 2 is 1.94 bits per heavy atom. The maximum Gasteiger partial charge on any atom is 0.285 e. The topological polar surface area (TPSA) is 42.2 Å². The van der Waals surface area contributed by atoms with Gasteiger partial charge in [-0.05, 0) is 57.6 Å². The molecule has 0 bridgehead atoms. The quantitative estimate of drug-likeness (QED) is 0.477. The molecule has 0 aliphatic carbocycles. The molecule has 1 heterocycles. The number of unbranched alkanes of at least 4 members (excludes halogenated alkanes) is 3. The number of hydrogen-bond acceptors (Lipinski definition) is 2. The van der Waals surface area contributed by atoms with E-state index in [0.717, 1.165) is 30.4 Å². The summed E-state index contributed by atoms with van der Waals surface area (Å²) in [6.45, 7) is 5.75. The summed E-state index contributed by atoms with van der Waals surface area (Å²) >= 11 is 0. The number of aryl methyl sites for hydroxylation is 1. The minimum absolute atomic E-state index is 0.315. The molecule has 1 aromatic heterocycles. The summed E-state index contributed by atoms with van der Waals surface area (Å²) in [7, 11) is 0. The van der Waals surface area contributed by atoms with Gasteiger partial charge in [0.1, 0.15) is 0 Å². The van der Waals surface area contributed by atoms with Crippen molar-refractivity contribution in [2.45, 2.75) is 52.9 Å². The fourth-order valence-electron chi connectivity index (χ4n) is 2.05. The lowest BCUT2D eigenvalue weighted by molar-refractivity contribution is 0.173. The molecule has 0 aliphatic heterocycles. The molecule has 1 rings (SSSR count). The molecule has 0 radical (unpaired) electrons. The van der Waals surface area contributed by atoms with Crippen LogP contribution in [0.1, 0.15) is 49.3 Å². The summed E-state index contributed by atoms with van der Waals surface area (Å²) in [6, 6.07) is 0. The van der Waals surface area contributed by atoms with Gasteiger partial charge in [-0.3, -0.25) is 4.79 Å². The number of rotatable bonds is 6. The van der Waals surface area contributed by atoms with Gasteiger partial charge in [0.05, 0.1) is 6.20 Å². The molecule has 0 spiro atoms. The fourth-order valence-corrected chi connectivity index (χ4v) is 2.05. The van der Waals surface area contributed by atoms with Crippen molar-refractivity contribution in [2.24, 2.45) is 0 Å². The first-order valence-electron chi connectivity index (χ1n) is 6.60. The number of aromatic nitrogens is 1. The number of hydrogen-bond donors (Lipinski definition) is 1. The SMILES string of the molecule is CC=CCCCCCc1cn(O)c(=O)c(C)c1C. The first-order valence-corrected chi connectivity index (χ1v) is 6.60. The van der Waals surface area contributed by atoms with Gasteiger partial charge < -0.3 is 5.21 Å². The highest BCUT2D eigenvalue weighted by Gasteiger charge is 2.07. The van der Waals surface area contributed by atoms with Crippen LogP contribution in [0.2, 0.25) is 0 Å². The number of nitrogens with zero attached hydrogens (tertiary/aromatic N) is 1. The van der Waals surface area contributed by atoms with E-state index in [1.807, 2.05) is 13.8 Å². The van der Waals surface area contributed by atoms with Crippen molar-refractivity contribution in [2.75, 3.05) is 0 Å². The summed E-state index contributed by atoms with van der Waals surface area (Å²) in [5.74, 6) is 0. The van der Waals surface area contributed by atoms with Crippen LogP contribution < -0.4 is 5.56 Å². The van der Waals surface area contributed by atoms with E-state index in [9.17, 15) is 10.0 Å². The lowest BCUT2D eigenvalue weighted by Crippen LogP contribution is -2.22. The van der Waals surface area contributed by atoms with Crippen molar-refractivity contribution in [3.8, 4) is 0 Å². The van der Waals surface area contributed by atoms with Crippen molar-refractivity contribution >= 4 is 0 Å². The van der Waals surface area contributed by atoms with Gasteiger partial charge in [-0.1, -0.05) is 18.6 Å². The summed E-state index contributed by atoms with van der Waals surface area (Å²) in [6.07, 6.45) is 11.3. The highest BCUT2D eigenvalue weighted by molar-refractivity contribution is 5.29. The maximum atomic E-state index is 11.5. The largest absolute Gasteiger partial charge is 0.425 e. The highest BCUT2D eigenvalue weighted by Crippen LogP contribution is 2.13. The van der Waals surface area contributed by atoms with Crippen LogP contribution in [-0.2, 0) is 6.42 Å². The van der Waals surface area contributed by atoms with Gasteiger partial charge in [0.15, 0.2) is 0 Å². The van der Waals surface area contributed by atoms with E-state index in [1.54, 1.807) is 13.1 Å². The van der Waals surface area contributed by atoms with Gasteiger partial charge in [-0.25, -0.2) is 0 Å². The highest BCUT2D eigenvalue weighted by atomic mass is 16.5. The van der Waals surface area contributed by atoms with E-state index >= 15 is 0 Å². The molecule has 0 saturated heterocycles. The zero-order valence-electron chi connectivity index (χ0n) is 11.6. The second kappa shape index (κ2) is 7.04. The normalized spacial score (nSPS) is 11.3. The Labute approximate surface area is 109 Å². The van der Waals surface area contributed by atoms with Gasteiger partial charge in [-0.2, -0.15) is 4.73 Å². The van der Waals surface area contributed by atoms with Gasteiger partial charge in [0.25, 0.3) is 5.56 Å². The van der Waals surface area contributed by atoms with Crippen LogP contribution in [0.15, 0.2) is 23.1 Å². The van der Waals surface area contributed by atoms with Gasteiger partial charge >= 0.3 is 0 Å². The molecule has 0 amide bonds. The molecule has 0 fully saturated rings. The van der Waals surface area contributed by atoms with Gasteiger partial charge in [0.2, 0.25) is 0 Å². The predicted molar refractivity (Wildman–Crippen MR) is 74.3 cm³/mol. The molecular weight excluding hydrogens is 226 g/mol. The molecule has 3 nitrogen and oxygen atoms in total. The summed E-state index contributed by atoms with van der Waals surface area (Å²) in [5.41, 5.74) is 2.41. The smallest absolute Gasteiger partial charge is 0.285 e. The molecule has 18 heavy (non-hydrogen) atoms. The second-order valence-electron chi connectivity index (χ2n) is 4.72. The lowest BCUT2D eigenvalue weighted by Gasteiger charge is -2.09. The average Bonchev–Trinajstić information content (AvgIpc) is 2.37. The van der Waals surface area contributed by atoms with Crippen LogP contribution in [0.5, 0.6) is 0 Å². The first-order chi connectivity index (χ1) is 8.57. The van der Waals surface area contributed by atoms with Crippen molar-refractivity contribution in [1.82, 2.24) is 4.73 Å². The van der Waals surface area contributed by atoms with Crippen LogP contribution in [0.25, 0.3) is 0 Å². The Morgan fingerprint density at radius 3 is 2.61 bits per heavy atom. The molecule has 3 heteroatoms. The van der Waals surface area contributed by atoms with Crippen LogP contribution in [0, 0.1) is 13.8 Å². The van der Waals surface area contributed by atoms with E-state index in [1.165, 1.54) is 12.8 Å². The van der Waals surface area contributed by atoms with Gasteiger partial charge in [0, 0.05) is 5.56 Å². The maximum absolute atomic E-state index is 11.5. The zero-order chi connectivity index (χ0) is 13.5. The van der Waals surface area contributed by atoms with E-state index in [4.69, 9.17) is 0 Å². The lowest BCUT2D eigenvalue weighted by atomic mass is 10.0. The van der Waals surface area contributed by atoms with Crippen LogP contribution in [0.3, 0.4) is 0 Å². The Kier molecular flexibility index (Phi) is 5.69. The third-order valence-electron chi connectivity index (χ3n) is 3.40.